The first-order valence-corrected chi connectivity index (χ1v) is 10.3. The van der Waals surface area contributed by atoms with E-state index < -0.39 is 23.7 Å². The molecular formula is C26H22FNO5. The number of anilines is 1. The van der Waals surface area contributed by atoms with Crippen molar-refractivity contribution in [1.29, 1.82) is 0 Å². The van der Waals surface area contributed by atoms with Crippen molar-refractivity contribution in [2.45, 2.75) is 19.4 Å². The van der Waals surface area contributed by atoms with Gasteiger partial charge in [0.15, 0.2) is 5.78 Å². The molecule has 0 bridgehead atoms. The van der Waals surface area contributed by atoms with Gasteiger partial charge in [0, 0.05) is 23.2 Å². The van der Waals surface area contributed by atoms with Gasteiger partial charge in [0.1, 0.15) is 5.82 Å². The van der Waals surface area contributed by atoms with Crippen LogP contribution < -0.4 is 4.90 Å². The Morgan fingerprint density at radius 3 is 2.15 bits per heavy atom. The number of carbonyl (C=O) groups excluding carboxylic acids is 4. The molecule has 6 nitrogen and oxygen atoms in total. The molecule has 0 spiro atoms. The second kappa shape index (κ2) is 10.9. The van der Waals surface area contributed by atoms with Crippen LogP contribution in [0, 0.1) is 5.82 Å². The molecule has 3 aromatic rings. The summed E-state index contributed by atoms with van der Waals surface area (Å²) >= 11 is 0. The molecule has 1 unspecified atom stereocenters. The highest BCUT2D eigenvalue weighted by atomic mass is 19.1. The second-order valence-electron chi connectivity index (χ2n) is 7.12. The minimum Gasteiger partial charge on any atom is -0.462 e. The molecule has 7 heteroatoms. The molecular weight excluding hydrogens is 425 g/mol. The number of hydrogen-bond donors (Lipinski definition) is 0. The lowest BCUT2D eigenvalue weighted by Crippen LogP contribution is -2.37. The first-order valence-electron chi connectivity index (χ1n) is 10.3. The van der Waals surface area contributed by atoms with Gasteiger partial charge < -0.3 is 4.74 Å². The lowest BCUT2D eigenvalue weighted by atomic mass is 9.95. The van der Waals surface area contributed by atoms with Crippen LogP contribution in [0.15, 0.2) is 78.9 Å². The smallest absolute Gasteiger partial charge is 0.338 e. The Labute approximate surface area is 190 Å². The highest BCUT2D eigenvalue weighted by Gasteiger charge is 2.31. The summed E-state index contributed by atoms with van der Waals surface area (Å²) in [5.41, 5.74) is 0.970. The van der Waals surface area contributed by atoms with Crippen molar-refractivity contribution in [3.05, 3.63) is 101 Å². The summed E-state index contributed by atoms with van der Waals surface area (Å²) in [6.07, 6.45) is -0.149. The van der Waals surface area contributed by atoms with Gasteiger partial charge in [0.05, 0.1) is 18.2 Å². The third-order valence-electron chi connectivity index (χ3n) is 5.05. The van der Waals surface area contributed by atoms with Crippen molar-refractivity contribution in [2.24, 2.45) is 0 Å². The van der Waals surface area contributed by atoms with E-state index in [1.54, 1.807) is 43.3 Å². The van der Waals surface area contributed by atoms with Crippen LogP contribution >= 0.6 is 0 Å². The Bertz CT molecular complexity index is 1140. The van der Waals surface area contributed by atoms with Crippen molar-refractivity contribution < 1.29 is 28.3 Å². The Kier molecular flexibility index (Phi) is 7.81. The van der Waals surface area contributed by atoms with Crippen molar-refractivity contribution in [1.82, 2.24) is 0 Å². The summed E-state index contributed by atoms with van der Waals surface area (Å²) in [4.78, 5) is 50.3. The summed E-state index contributed by atoms with van der Waals surface area (Å²) in [5.74, 6) is -2.43. The van der Waals surface area contributed by atoms with E-state index in [0.29, 0.717) is 5.56 Å². The van der Waals surface area contributed by atoms with Crippen molar-refractivity contribution in [3.8, 4) is 0 Å². The van der Waals surface area contributed by atoms with Gasteiger partial charge in [0.25, 0.3) is 5.91 Å². The van der Waals surface area contributed by atoms with Gasteiger partial charge in [-0.2, -0.15) is 0 Å². The summed E-state index contributed by atoms with van der Waals surface area (Å²) in [6, 6.07) is 18.9. The van der Waals surface area contributed by atoms with Crippen molar-refractivity contribution >= 4 is 29.6 Å². The highest BCUT2D eigenvalue weighted by Crippen LogP contribution is 2.33. The van der Waals surface area contributed by atoms with E-state index in [4.69, 9.17) is 4.74 Å². The molecule has 1 atom stereocenters. The highest BCUT2D eigenvalue weighted by molar-refractivity contribution is 6.30. The Morgan fingerprint density at radius 1 is 0.909 bits per heavy atom. The topological polar surface area (TPSA) is 80.8 Å². The molecule has 0 aliphatic heterocycles. The number of ether oxygens (including phenoxy) is 1. The molecule has 0 aromatic heterocycles. The first-order chi connectivity index (χ1) is 16.0. The lowest BCUT2D eigenvalue weighted by molar-refractivity contribution is -0.129. The molecule has 168 valence electrons. The van der Waals surface area contributed by atoms with Gasteiger partial charge >= 0.3 is 5.97 Å². The van der Waals surface area contributed by atoms with Gasteiger partial charge in [-0.3, -0.25) is 19.3 Å². The van der Waals surface area contributed by atoms with Crippen LogP contribution in [0.5, 0.6) is 0 Å². The summed E-state index contributed by atoms with van der Waals surface area (Å²) in [5, 5.41) is 0. The van der Waals surface area contributed by atoms with Gasteiger partial charge in [-0.05, 0) is 37.3 Å². The second-order valence-corrected chi connectivity index (χ2v) is 7.12. The molecule has 0 heterocycles. The van der Waals surface area contributed by atoms with Crippen LogP contribution in [0.25, 0.3) is 0 Å². The molecule has 3 rings (SSSR count). The Hall–Kier alpha value is -4.13. The number of nitrogens with zero attached hydrogens (tertiary/aromatic N) is 1. The molecule has 0 aliphatic carbocycles. The minimum atomic E-state index is -1.09. The van der Waals surface area contributed by atoms with Gasteiger partial charge in [-0.15, -0.1) is 0 Å². The molecule has 3 aromatic carbocycles. The molecule has 0 aliphatic rings. The maximum atomic E-state index is 14.8. The maximum Gasteiger partial charge on any atom is 0.338 e. The van der Waals surface area contributed by atoms with E-state index in [1.165, 1.54) is 42.5 Å². The van der Waals surface area contributed by atoms with Gasteiger partial charge in [-0.1, -0.05) is 48.5 Å². The third kappa shape index (κ3) is 5.57. The fourth-order valence-electron chi connectivity index (χ4n) is 3.49. The Morgan fingerprint density at radius 2 is 1.55 bits per heavy atom. The summed E-state index contributed by atoms with van der Waals surface area (Å²) in [6.45, 7) is 1.88. The van der Waals surface area contributed by atoms with Crippen molar-refractivity contribution in [2.75, 3.05) is 11.5 Å². The monoisotopic (exact) mass is 447 g/mol. The Balaban J connectivity index is 2.06. The van der Waals surface area contributed by atoms with Crippen LogP contribution in [0.1, 0.15) is 45.7 Å². The number of rotatable bonds is 9. The zero-order valence-electron chi connectivity index (χ0n) is 17.9. The maximum absolute atomic E-state index is 14.8. The van der Waals surface area contributed by atoms with Crippen LogP contribution in [-0.2, 0) is 14.3 Å². The zero-order valence-corrected chi connectivity index (χ0v) is 17.9. The third-order valence-corrected chi connectivity index (χ3v) is 5.05. The van der Waals surface area contributed by atoms with Gasteiger partial charge in [-0.25, -0.2) is 9.18 Å². The number of amides is 1. The summed E-state index contributed by atoms with van der Waals surface area (Å²) < 4.78 is 19.8. The number of hydrogen-bond acceptors (Lipinski definition) is 5. The van der Waals surface area contributed by atoms with E-state index in [0.717, 1.165) is 4.90 Å². The van der Waals surface area contributed by atoms with E-state index in [9.17, 15) is 23.6 Å². The SMILES string of the molecule is CCOC(=O)c1ccc(N(C(=O)C=O)C(CC(=O)c2ccccc2)c2ccccc2F)cc1. The number of Topliss-reactive ketones (excluding diaryl/α,β-unsaturated/α-hetero) is 1. The normalized spacial score (nSPS) is 11.3. The average Bonchev–Trinajstić information content (AvgIpc) is 2.85. The number of benzene rings is 3. The van der Waals surface area contributed by atoms with E-state index >= 15 is 0 Å². The predicted molar refractivity (Wildman–Crippen MR) is 120 cm³/mol. The number of esters is 1. The quantitative estimate of drug-likeness (QED) is 0.208. The van der Waals surface area contributed by atoms with Crippen LogP contribution in [0.2, 0.25) is 0 Å². The van der Waals surface area contributed by atoms with E-state index in [-0.39, 0.29) is 41.9 Å². The number of carbonyl (C=O) groups is 4. The molecule has 0 saturated heterocycles. The largest absolute Gasteiger partial charge is 0.462 e. The van der Waals surface area contributed by atoms with E-state index in [1.807, 2.05) is 0 Å². The number of aldehydes is 1. The molecule has 0 saturated carbocycles. The minimum absolute atomic E-state index is 0.0893. The molecule has 1 amide bonds. The van der Waals surface area contributed by atoms with Crippen LogP contribution in [-0.4, -0.2) is 30.6 Å². The van der Waals surface area contributed by atoms with Gasteiger partial charge in [0.2, 0.25) is 6.29 Å². The molecule has 0 fully saturated rings. The lowest BCUT2D eigenvalue weighted by Gasteiger charge is -2.31. The van der Waals surface area contributed by atoms with Crippen LogP contribution in [0.4, 0.5) is 10.1 Å². The fraction of sp³-hybridized carbons (Fsp3) is 0.154. The molecule has 33 heavy (non-hydrogen) atoms. The van der Waals surface area contributed by atoms with Crippen molar-refractivity contribution in [3.63, 3.8) is 0 Å². The molecule has 0 radical (unpaired) electrons. The fourth-order valence-corrected chi connectivity index (χ4v) is 3.49. The first kappa shape index (κ1) is 23.5. The number of halogens is 1. The molecule has 0 N–H and O–H groups in total. The number of ketones is 1. The predicted octanol–water partition coefficient (Wildman–Crippen LogP) is 4.55. The standard InChI is InChI=1S/C26H22FNO5/c1-2-33-26(32)19-12-14-20(15-13-19)28(25(31)17-29)23(21-10-6-7-11-22(21)27)16-24(30)18-8-4-3-5-9-18/h3-15,17,23H,2,16H2,1H3. The zero-order chi connectivity index (χ0) is 23.8. The summed E-state index contributed by atoms with van der Waals surface area (Å²) in [7, 11) is 0. The van der Waals surface area contributed by atoms with E-state index in [2.05, 4.69) is 0 Å². The average molecular weight is 447 g/mol. The van der Waals surface area contributed by atoms with Crippen LogP contribution in [0.3, 0.4) is 0 Å².